The molecule has 1 saturated carbocycles. The van der Waals surface area contributed by atoms with Crippen LogP contribution in [-0.2, 0) is 5.41 Å². The smallest absolute Gasteiger partial charge is 0.0314 e. The summed E-state index contributed by atoms with van der Waals surface area (Å²) >= 11 is 2.06. The number of nitrogens with two attached hydrogens (primary N) is 1. The maximum Gasteiger partial charge on any atom is 0.0314 e. The Labute approximate surface area is 96.4 Å². The lowest BCUT2D eigenvalue weighted by molar-refractivity contribution is 0.279. The van der Waals surface area contributed by atoms with Gasteiger partial charge >= 0.3 is 0 Å². The van der Waals surface area contributed by atoms with Gasteiger partial charge in [0.1, 0.15) is 0 Å². The summed E-state index contributed by atoms with van der Waals surface area (Å²) in [6, 6.07) is 8.49. The summed E-state index contributed by atoms with van der Waals surface area (Å²) in [5, 5.41) is 0. The molecule has 82 valence electrons. The average Bonchev–Trinajstić information content (AvgIpc) is 2.19. The van der Waals surface area contributed by atoms with Crippen molar-refractivity contribution in [3.05, 3.63) is 29.8 Å². The van der Waals surface area contributed by atoms with Crippen LogP contribution in [0.25, 0.3) is 0 Å². The van der Waals surface area contributed by atoms with E-state index < -0.39 is 0 Å². The van der Waals surface area contributed by atoms with Crippen LogP contribution in [0, 0.1) is 0 Å². The molecule has 2 rings (SSSR count). The fourth-order valence-corrected chi connectivity index (χ4v) is 3.30. The number of anilines is 1. The Balaban J connectivity index is 2.14. The number of hydrogen-bond donors (Lipinski definition) is 1. The third kappa shape index (κ3) is 2.15. The van der Waals surface area contributed by atoms with Crippen LogP contribution in [0.15, 0.2) is 24.3 Å². The van der Waals surface area contributed by atoms with Crippen molar-refractivity contribution >= 4 is 17.4 Å². The molecule has 0 spiro atoms. The molecule has 1 aliphatic rings. The van der Waals surface area contributed by atoms with Gasteiger partial charge in [-0.05, 0) is 36.3 Å². The van der Waals surface area contributed by atoms with Crippen molar-refractivity contribution in [3.8, 4) is 0 Å². The third-order valence-corrected chi connectivity index (χ3v) is 4.58. The Morgan fingerprint density at radius 3 is 2.40 bits per heavy atom. The lowest BCUT2D eigenvalue weighted by Crippen LogP contribution is -2.36. The molecule has 0 bridgehead atoms. The molecule has 0 heterocycles. The van der Waals surface area contributed by atoms with E-state index in [1.54, 1.807) is 0 Å². The lowest BCUT2D eigenvalue weighted by Gasteiger charge is -2.42. The first-order chi connectivity index (χ1) is 7.27. The van der Waals surface area contributed by atoms with Gasteiger partial charge in [-0.1, -0.05) is 25.5 Å². The van der Waals surface area contributed by atoms with Gasteiger partial charge in [0.25, 0.3) is 0 Å². The fourth-order valence-electron chi connectivity index (χ4n) is 2.25. The van der Waals surface area contributed by atoms with Crippen LogP contribution in [0.3, 0.4) is 0 Å². The fraction of sp³-hybridized carbons (Fsp3) is 0.538. The molecular weight excluding hydrogens is 202 g/mol. The molecule has 1 fully saturated rings. The highest BCUT2D eigenvalue weighted by Gasteiger charge is 2.37. The van der Waals surface area contributed by atoms with Crippen LogP contribution in [-0.4, -0.2) is 11.5 Å². The van der Waals surface area contributed by atoms with Crippen molar-refractivity contribution in [1.29, 1.82) is 0 Å². The first-order valence-electron chi connectivity index (χ1n) is 5.71. The molecule has 0 saturated heterocycles. The Morgan fingerprint density at radius 2 is 1.93 bits per heavy atom. The second-order valence-electron chi connectivity index (χ2n) is 4.39. The van der Waals surface area contributed by atoms with Gasteiger partial charge < -0.3 is 5.73 Å². The van der Waals surface area contributed by atoms with E-state index in [2.05, 4.69) is 30.8 Å². The van der Waals surface area contributed by atoms with Crippen LogP contribution in [0.2, 0.25) is 0 Å². The van der Waals surface area contributed by atoms with Crippen LogP contribution < -0.4 is 5.73 Å². The summed E-state index contributed by atoms with van der Waals surface area (Å²) in [4.78, 5) is 0. The summed E-state index contributed by atoms with van der Waals surface area (Å²) in [5.41, 5.74) is 8.55. The van der Waals surface area contributed by atoms with Crippen LogP contribution in [0.5, 0.6) is 0 Å². The summed E-state index contributed by atoms with van der Waals surface area (Å²) in [6.45, 7) is 2.24. The Hall–Kier alpha value is -0.630. The molecular formula is C13H19NS. The molecule has 2 N–H and O–H groups in total. The molecule has 1 aromatic rings. The van der Waals surface area contributed by atoms with Crippen molar-refractivity contribution in [3.63, 3.8) is 0 Å². The van der Waals surface area contributed by atoms with E-state index in [1.807, 2.05) is 12.1 Å². The summed E-state index contributed by atoms with van der Waals surface area (Å²) in [7, 11) is 0. The lowest BCUT2D eigenvalue weighted by atomic mass is 9.66. The van der Waals surface area contributed by atoms with E-state index in [4.69, 9.17) is 5.73 Å². The molecule has 1 aromatic carbocycles. The van der Waals surface area contributed by atoms with Gasteiger partial charge in [0.2, 0.25) is 0 Å². The Bertz CT molecular complexity index is 314. The molecule has 2 heteroatoms. The quantitative estimate of drug-likeness (QED) is 0.788. The molecule has 1 aliphatic carbocycles. The highest BCUT2D eigenvalue weighted by atomic mass is 32.2. The average molecular weight is 221 g/mol. The van der Waals surface area contributed by atoms with Crippen molar-refractivity contribution in [2.45, 2.75) is 31.6 Å². The predicted molar refractivity (Wildman–Crippen MR) is 69.4 cm³/mol. The SMILES string of the molecule is CCSCC1(c2ccc(N)cc2)CCC1. The van der Waals surface area contributed by atoms with Gasteiger partial charge in [0, 0.05) is 16.9 Å². The molecule has 0 aliphatic heterocycles. The molecule has 0 aromatic heterocycles. The van der Waals surface area contributed by atoms with Crippen molar-refractivity contribution < 1.29 is 0 Å². The first kappa shape index (κ1) is 10.9. The second kappa shape index (κ2) is 4.48. The Kier molecular flexibility index (Phi) is 3.25. The molecule has 1 nitrogen and oxygen atoms in total. The van der Waals surface area contributed by atoms with E-state index in [-0.39, 0.29) is 0 Å². The first-order valence-corrected chi connectivity index (χ1v) is 6.86. The number of thioether (sulfide) groups is 1. The van der Waals surface area contributed by atoms with E-state index in [0.717, 1.165) is 5.69 Å². The van der Waals surface area contributed by atoms with Crippen LogP contribution in [0.4, 0.5) is 5.69 Å². The van der Waals surface area contributed by atoms with E-state index >= 15 is 0 Å². The minimum Gasteiger partial charge on any atom is -0.399 e. The zero-order valence-corrected chi connectivity index (χ0v) is 10.1. The van der Waals surface area contributed by atoms with Gasteiger partial charge in [0.15, 0.2) is 0 Å². The number of benzene rings is 1. The minimum absolute atomic E-state index is 0.467. The summed E-state index contributed by atoms with van der Waals surface area (Å²) in [6.07, 6.45) is 4.09. The standard InChI is InChI=1S/C13H19NS/c1-2-15-10-13(8-3-9-13)11-4-6-12(14)7-5-11/h4-7H,2-3,8-10,14H2,1H3. The number of hydrogen-bond acceptors (Lipinski definition) is 2. The predicted octanol–water partition coefficient (Wildman–Crippen LogP) is 3.44. The van der Waals surface area contributed by atoms with Gasteiger partial charge in [-0.2, -0.15) is 11.8 Å². The van der Waals surface area contributed by atoms with Gasteiger partial charge in [-0.3, -0.25) is 0 Å². The van der Waals surface area contributed by atoms with Gasteiger partial charge in [-0.25, -0.2) is 0 Å². The topological polar surface area (TPSA) is 26.0 Å². The van der Waals surface area contributed by atoms with Crippen LogP contribution >= 0.6 is 11.8 Å². The largest absolute Gasteiger partial charge is 0.399 e. The zero-order chi connectivity index (χ0) is 10.7. The van der Waals surface area contributed by atoms with Gasteiger partial charge in [0.05, 0.1) is 0 Å². The van der Waals surface area contributed by atoms with E-state index in [9.17, 15) is 0 Å². The number of nitrogen functional groups attached to an aromatic ring is 1. The van der Waals surface area contributed by atoms with E-state index in [0.29, 0.717) is 5.41 Å². The normalized spacial score (nSPS) is 18.5. The van der Waals surface area contributed by atoms with Gasteiger partial charge in [-0.15, -0.1) is 0 Å². The van der Waals surface area contributed by atoms with Crippen molar-refractivity contribution in [2.24, 2.45) is 0 Å². The highest BCUT2D eigenvalue weighted by Crippen LogP contribution is 2.45. The summed E-state index contributed by atoms with van der Waals surface area (Å²) in [5.74, 6) is 2.49. The number of rotatable bonds is 4. The van der Waals surface area contributed by atoms with Crippen molar-refractivity contribution in [2.75, 3.05) is 17.2 Å². The maximum absolute atomic E-state index is 5.72. The minimum atomic E-state index is 0.467. The monoisotopic (exact) mass is 221 g/mol. The molecule has 15 heavy (non-hydrogen) atoms. The zero-order valence-electron chi connectivity index (χ0n) is 9.33. The van der Waals surface area contributed by atoms with Crippen LogP contribution in [0.1, 0.15) is 31.7 Å². The highest BCUT2D eigenvalue weighted by molar-refractivity contribution is 7.99. The second-order valence-corrected chi connectivity index (χ2v) is 5.67. The molecule has 0 radical (unpaired) electrons. The molecule has 0 atom stereocenters. The van der Waals surface area contributed by atoms with E-state index in [1.165, 1.54) is 36.3 Å². The molecule has 0 unspecified atom stereocenters. The Morgan fingerprint density at radius 1 is 1.27 bits per heavy atom. The summed E-state index contributed by atoms with van der Waals surface area (Å²) < 4.78 is 0. The maximum atomic E-state index is 5.72. The molecule has 0 amide bonds. The third-order valence-electron chi connectivity index (χ3n) is 3.42. The van der Waals surface area contributed by atoms with Crippen molar-refractivity contribution in [1.82, 2.24) is 0 Å².